The van der Waals surface area contributed by atoms with Gasteiger partial charge in [-0.1, -0.05) is 18.6 Å². The lowest BCUT2D eigenvalue weighted by molar-refractivity contribution is 0.157. The number of benzene rings is 1. The van der Waals surface area contributed by atoms with Gasteiger partial charge in [-0.2, -0.15) is 4.31 Å². The van der Waals surface area contributed by atoms with Crippen LogP contribution in [0.2, 0.25) is 0 Å². The quantitative estimate of drug-likeness (QED) is 0.344. The molecule has 0 spiro atoms. The summed E-state index contributed by atoms with van der Waals surface area (Å²) in [6, 6.07) is 7.20. The number of likely N-dealkylation sites (tertiary alicyclic amines) is 1. The van der Waals surface area contributed by atoms with Gasteiger partial charge in [0.2, 0.25) is 10.0 Å². The molecular formula is C20H33IN4O3S. The zero-order valence-electron chi connectivity index (χ0n) is 17.3. The summed E-state index contributed by atoms with van der Waals surface area (Å²) < 4.78 is 32.4. The van der Waals surface area contributed by atoms with E-state index in [0.717, 1.165) is 56.9 Å². The third kappa shape index (κ3) is 6.28. The maximum absolute atomic E-state index is 12.7. The lowest BCUT2D eigenvalue weighted by atomic mass is 10.1. The van der Waals surface area contributed by atoms with Crippen molar-refractivity contribution in [2.75, 3.05) is 46.9 Å². The first-order valence-corrected chi connectivity index (χ1v) is 11.5. The summed E-state index contributed by atoms with van der Waals surface area (Å²) in [7, 11) is 0.163. The molecule has 1 unspecified atom stereocenters. The van der Waals surface area contributed by atoms with E-state index in [1.807, 2.05) is 12.1 Å². The molecule has 29 heavy (non-hydrogen) atoms. The molecule has 2 saturated heterocycles. The smallest absolute Gasteiger partial charge is 0.243 e. The van der Waals surface area contributed by atoms with Gasteiger partial charge >= 0.3 is 0 Å². The Hall–Kier alpha value is -0.910. The highest BCUT2D eigenvalue weighted by atomic mass is 127. The third-order valence-corrected chi connectivity index (χ3v) is 7.44. The van der Waals surface area contributed by atoms with Crippen molar-refractivity contribution in [3.63, 3.8) is 0 Å². The number of ether oxygens (including phenoxy) is 1. The van der Waals surface area contributed by atoms with Crippen LogP contribution in [-0.2, 0) is 21.3 Å². The van der Waals surface area contributed by atoms with Gasteiger partial charge in [-0.15, -0.1) is 24.0 Å². The minimum Gasteiger partial charge on any atom is -0.384 e. The fourth-order valence-electron chi connectivity index (χ4n) is 3.94. The van der Waals surface area contributed by atoms with E-state index >= 15 is 0 Å². The van der Waals surface area contributed by atoms with E-state index < -0.39 is 10.0 Å². The zero-order chi connectivity index (χ0) is 20.0. The van der Waals surface area contributed by atoms with Crippen LogP contribution in [0, 0.1) is 5.92 Å². The number of sulfonamides is 1. The van der Waals surface area contributed by atoms with E-state index in [1.165, 1.54) is 0 Å². The number of piperidine rings is 1. The number of aliphatic imine (C=N–C) groups is 1. The van der Waals surface area contributed by atoms with Gasteiger partial charge < -0.3 is 15.0 Å². The average molecular weight is 536 g/mol. The number of guanidine groups is 1. The van der Waals surface area contributed by atoms with Crippen molar-refractivity contribution in [1.82, 2.24) is 14.5 Å². The van der Waals surface area contributed by atoms with Gasteiger partial charge in [-0.05, 0) is 37.0 Å². The Bertz CT molecular complexity index is 764. The first kappa shape index (κ1) is 24.4. The van der Waals surface area contributed by atoms with Crippen molar-refractivity contribution < 1.29 is 13.2 Å². The van der Waals surface area contributed by atoms with Crippen molar-refractivity contribution in [3.05, 3.63) is 29.8 Å². The SMILES string of the molecule is CN=C(NCc1ccc(S(=O)(=O)N2CCCCC2)cc1)N1CCC(COC)C1.I. The molecule has 9 heteroatoms. The molecule has 0 amide bonds. The van der Waals surface area contributed by atoms with E-state index in [2.05, 4.69) is 15.2 Å². The lowest BCUT2D eigenvalue weighted by Crippen LogP contribution is -2.39. The molecule has 7 nitrogen and oxygen atoms in total. The monoisotopic (exact) mass is 536 g/mol. The van der Waals surface area contributed by atoms with Gasteiger partial charge in [-0.3, -0.25) is 4.99 Å². The summed E-state index contributed by atoms with van der Waals surface area (Å²) in [5.41, 5.74) is 1.03. The maximum Gasteiger partial charge on any atom is 0.243 e. The standard InChI is InChI=1S/C20H32N4O3S.HI/c1-21-20(23-13-10-18(15-23)16-27-2)22-14-17-6-8-19(9-7-17)28(25,26)24-11-4-3-5-12-24;/h6-9,18H,3-5,10-16H2,1-2H3,(H,21,22);1H. The summed E-state index contributed by atoms with van der Waals surface area (Å²) in [4.78, 5) is 7.01. The molecule has 1 N–H and O–H groups in total. The molecule has 2 aliphatic rings. The fraction of sp³-hybridized carbons (Fsp3) is 0.650. The summed E-state index contributed by atoms with van der Waals surface area (Å²) in [5, 5.41) is 3.39. The molecule has 3 rings (SSSR count). The molecular weight excluding hydrogens is 503 g/mol. The molecule has 0 aliphatic carbocycles. The minimum atomic E-state index is -3.37. The number of halogens is 1. The fourth-order valence-corrected chi connectivity index (χ4v) is 5.46. The number of rotatable bonds is 6. The molecule has 0 aromatic heterocycles. The van der Waals surface area contributed by atoms with Crippen molar-refractivity contribution >= 4 is 40.0 Å². The van der Waals surface area contributed by atoms with Gasteiger partial charge in [0.05, 0.1) is 11.5 Å². The van der Waals surface area contributed by atoms with E-state index in [9.17, 15) is 8.42 Å². The van der Waals surface area contributed by atoms with Gasteiger partial charge in [0.1, 0.15) is 0 Å². The van der Waals surface area contributed by atoms with E-state index in [0.29, 0.717) is 30.4 Å². The topological polar surface area (TPSA) is 74.2 Å². The highest BCUT2D eigenvalue weighted by Crippen LogP contribution is 2.21. The normalized spacial score (nSPS) is 21.1. The predicted octanol–water partition coefficient (Wildman–Crippen LogP) is 2.52. The molecule has 2 aliphatic heterocycles. The van der Waals surface area contributed by atoms with E-state index in [1.54, 1.807) is 30.6 Å². The molecule has 1 aromatic carbocycles. The Labute approximate surface area is 192 Å². The first-order chi connectivity index (χ1) is 13.5. The number of methoxy groups -OCH3 is 1. The number of nitrogens with one attached hydrogen (secondary N) is 1. The first-order valence-electron chi connectivity index (χ1n) is 10.1. The number of hydrogen-bond donors (Lipinski definition) is 1. The van der Waals surface area contributed by atoms with Crippen molar-refractivity contribution in [2.45, 2.75) is 37.1 Å². The van der Waals surface area contributed by atoms with Crippen LogP contribution < -0.4 is 5.32 Å². The lowest BCUT2D eigenvalue weighted by Gasteiger charge is -2.26. The summed E-state index contributed by atoms with van der Waals surface area (Å²) in [6.45, 7) is 4.56. The molecule has 0 radical (unpaired) electrons. The molecule has 2 fully saturated rings. The summed E-state index contributed by atoms with van der Waals surface area (Å²) >= 11 is 0. The zero-order valence-corrected chi connectivity index (χ0v) is 20.5. The average Bonchev–Trinajstić information content (AvgIpc) is 3.18. The van der Waals surface area contributed by atoms with Crippen LogP contribution in [0.15, 0.2) is 34.2 Å². The second kappa shape index (κ2) is 11.5. The minimum absolute atomic E-state index is 0. The largest absolute Gasteiger partial charge is 0.384 e. The number of nitrogens with zero attached hydrogens (tertiary/aromatic N) is 3. The van der Waals surface area contributed by atoms with Crippen LogP contribution in [0.25, 0.3) is 0 Å². The van der Waals surface area contributed by atoms with Crippen LogP contribution in [-0.4, -0.2) is 70.5 Å². The Balaban J connectivity index is 0.00000300. The van der Waals surface area contributed by atoms with Gasteiger partial charge in [0, 0.05) is 52.8 Å². The van der Waals surface area contributed by atoms with E-state index in [-0.39, 0.29) is 24.0 Å². The Morgan fingerprint density at radius 1 is 1.17 bits per heavy atom. The molecule has 2 heterocycles. The Kier molecular flexibility index (Phi) is 9.64. The van der Waals surface area contributed by atoms with Gasteiger partial charge in [0.15, 0.2) is 5.96 Å². The molecule has 0 bridgehead atoms. The summed E-state index contributed by atoms with van der Waals surface area (Å²) in [6.07, 6.45) is 4.11. The second-order valence-electron chi connectivity index (χ2n) is 7.57. The van der Waals surface area contributed by atoms with E-state index in [4.69, 9.17) is 4.74 Å². The van der Waals surface area contributed by atoms with Crippen molar-refractivity contribution in [1.29, 1.82) is 0 Å². The van der Waals surface area contributed by atoms with Crippen molar-refractivity contribution in [2.24, 2.45) is 10.9 Å². The Morgan fingerprint density at radius 2 is 1.86 bits per heavy atom. The molecule has 1 atom stereocenters. The van der Waals surface area contributed by atoms with Crippen LogP contribution in [0.1, 0.15) is 31.2 Å². The summed E-state index contributed by atoms with van der Waals surface area (Å²) in [5.74, 6) is 1.42. The molecule has 1 aromatic rings. The van der Waals surface area contributed by atoms with Crippen molar-refractivity contribution in [3.8, 4) is 0 Å². The third-order valence-electron chi connectivity index (χ3n) is 5.53. The molecule has 0 saturated carbocycles. The van der Waals surface area contributed by atoms with Gasteiger partial charge in [0.25, 0.3) is 0 Å². The van der Waals surface area contributed by atoms with Gasteiger partial charge in [-0.25, -0.2) is 8.42 Å². The number of hydrogen-bond acceptors (Lipinski definition) is 4. The predicted molar refractivity (Wildman–Crippen MR) is 126 cm³/mol. The van der Waals surface area contributed by atoms with Crippen LogP contribution in [0.3, 0.4) is 0 Å². The Morgan fingerprint density at radius 3 is 2.48 bits per heavy atom. The second-order valence-corrected chi connectivity index (χ2v) is 9.50. The highest BCUT2D eigenvalue weighted by Gasteiger charge is 2.26. The highest BCUT2D eigenvalue weighted by molar-refractivity contribution is 14.0. The maximum atomic E-state index is 12.7. The van der Waals surface area contributed by atoms with Crippen LogP contribution in [0.4, 0.5) is 0 Å². The van der Waals surface area contributed by atoms with Crippen LogP contribution >= 0.6 is 24.0 Å². The molecule has 164 valence electrons. The van der Waals surface area contributed by atoms with Crippen LogP contribution in [0.5, 0.6) is 0 Å².